The molecule has 4 nitrogen and oxygen atoms in total. The predicted molar refractivity (Wildman–Crippen MR) is 120 cm³/mol. The molecule has 0 aliphatic rings. The van der Waals surface area contributed by atoms with Crippen LogP contribution in [-0.4, -0.2) is 15.7 Å². The zero-order valence-corrected chi connectivity index (χ0v) is 18.1. The first kappa shape index (κ1) is 20.3. The normalized spacial score (nSPS) is 10.8. The quantitative estimate of drug-likeness (QED) is 0.336. The Morgan fingerprint density at radius 3 is 2.30 bits per heavy atom. The summed E-state index contributed by atoms with van der Waals surface area (Å²) in [7, 11) is 0. The number of carbonyl (C=O) groups is 1. The maximum absolute atomic E-state index is 12.9. The van der Waals surface area contributed by atoms with E-state index in [2.05, 4.69) is 17.2 Å². The number of nitrogens with zero attached hydrogens (tertiary/aromatic N) is 2. The lowest BCUT2D eigenvalue weighted by molar-refractivity contribution is 0.0718. The monoisotopic (exact) mass is 434 g/mol. The largest absolute Gasteiger partial charge is 0.402 e. The van der Waals surface area contributed by atoms with Gasteiger partial charge < -0.3 is 4.74 Å². The zero-order chi connectivity index (χ0) is 21.1. The maximum Gasteiger partial charge on any atom is 0.346 e. The lowest BCUT2D eigenvalue weighted by atomic mass is 10.2. The van der Waals surface area contributed by atoms with Crippen LogP contribution in [0.2, 0.25) is 5.02 Å². The van der Waals surface area contributed by atoms with E-state index >= 15 is 0 Å². The van der Waals surface area contributed by atoms with E-state index in [1.54, 1.807) is 28.9 Å². The van der Waals surface area contributed by atoms with E-state index in [4.69, 9.17) is 16.3 Å². The molecule has 0 fully saturated rings. The van der Waals surface area contributed by atoms with Gasteiger partial charge in [0.05, 0.1) is 26.9 Å². The number of aromatic nitrogens is 2. The van der Waals surface area contributed by atoms with E-state index in [0.717, 1.165) is 21.2 Å². The van der Waals surface area contributed by atoms with Gasteiger partial charge in [0, 0.05) is 4.90 Å². The molecule has 0 N–H and O–H groups in total. The number of hydrogen-bond acceptors (Lipinski definition) is 4. The number of carbonyl (C=O) groups excluding carboxylic acids is 1. The predicted octanol–water partition coefficient (Wildman–Crippen LogP) is 6.51. The van der Waals surface area contributed by atoms with Crippen LogP contribution in [0, 0.1) is 13.8 Å². The van der Waals surface area contributed by atoms with Gasteiger partial charge >= 0.3 is 5.97 Å². The standard InChI is InChI=1S/C24H19ClN2O2S/c1-16-12-14-19(15-13-16)30-22-17(2)26-27(18-8-4-3-5-9-18)23(22)29-24(28)20-10-6-7-11-21(20)25/h3-15H,1-2H3. The first-order valence-corrected chi connectivity index (χ1v) is 10.6. The molecule has 150 valence electrons. The molecule has 0 saturated heterocycles. The third-order valence-corrected chi connectivity index (χ3v) is 6.00. The summed E-state index contributed by atoms with van der Waals surface area (Å²) in [5.41, 5.74) is 3.06. The Hall–Kier alpha value is -3.02. The van der Waals surface area contributed by atoms with Gasteiger partial charge in [0.15, 0.2) is 0 Å². The Morgan fingerprint density at radius 2 is 1.60 bits per heavy atom. The smallest absolute Gasteiger partial charge is 0.346 e. The molecule has 0 aliphatic carbocycles. The van der Waals surface area contributed by atoms with Crippen molar-refractivity contribution in [2.24, 2.45) is 0 Å². The first-order valence-electron chi connectivity index (χ1n) is 9.39. The Morgan fingerprint density at radius 1 is 0.933 bits per heavy atom. The van der Waals surface area contributed by atoms with E-state index in [1.807, 2.05) is 56.3 Å². The molecule has 1 heterocycles. The Kier molecular flexibility index (Phi) is 5.93. The van der Waals surface area contributed by atoms with Gasteiger partial charge in [-0.2, -0.15) is 9.78 Å². The number of halogens is 1. The number of hydrogen-bond donors (Lipinski definition) is 0. The van der Waals surface area contributed by atoms with Crippen molar-refractivity contribution in [1.29, 1.82) is 0 Å². The molecule has 0 unspecified atom stereocenters. The van der Waals surface area contributed by atoms with Gasteiger partial charge in [-0.1, -0.05) is 71.4 Å². The molecule has 30 heavy (non-hydrogen) atoms. The van der Waals surface area contributed by atoms with Crippen molar-refractivity contribution < 1.29 is 9.53 Å². The summed E-state index contributed by atoms with van der Waals surface area (Å²) in [5, 5.41) is 4.99. The summed E-state index contributed by atoms with van der Waals surface area (Å²) < 4.78 is 7.52. The molecule has 4 aromatic rings. The second-order valence-electron chi connectivity index (χ2n) is 6.75. The zero-order valence-electron chi connectivity index (χ0n) is 16.5. The summed E-state index contributed by atoms with van der Waals surface area (Å²) in [4.78, 5) is 14.7. The van der Waals surface area contributed by atoms with Gasteiger partial charge in [-0.15, -0.1) is 0 Å². The molecule has 0 aliphatic heterocycles. The highest BCUT2D eigenvalue weighted by atomic mass is 35.5. The Balaban J connectivity index is 1.78. The van der Waals surface area contributed by atoms with Crippen LogP contribution in [0.15, 0.2) is 88.7 Å². The van der Waals surface area contributed by atoms with Gasteiger partial charge in [-0.3, -0.25) is 0 Å². The van der Waals surface area contributed by atoms with Gasteiger partial charge in [0.1, 0.15) is 0 Å². The van der Waals surface area contributed by atoms with Crippen molar-refractivity contribution in [2.75, 3.05) is 0 Å². The molecule has 3 aromatic carbocycles. The number of ether oxygens (including phenoxy) is 1. The van der Waals surface area contributed by atoms with Crippen molar-refractivity contribution in [3.63, 3.8) is 0 Å². The van der Waals surface area contributed by atoms with Crippen molar-refractivity contribution >= 4 is 29.3 Å². The lowest BCUT2D eigenvalue weighted by Crippen LogP contribution is -2.12. The molecule has 0 saturated carbocycles. The molecule has 6 heteroatoms. The molecule has 4 rings (SSSR count). The highest BCUT2D eigenvalue weighted by molar-refractivity contribution is 7.99. The number of esters is 1. The van der Waals surface area contributed by atoms with Crippen LogP contribution in [-0.2, 0) is 0 Å². The van der Waals surface area contributed by atoms with Crippen LogP contribution in [0.1, 0.15) is 21.6 Å². The van der Waals surface area contributed by atoms with Crippen molar-refractivity contribution in [3.05, 3.63) is 101 Å². The minimum atomic E-state index is -0.525. The van der Waals surface area contributed by atoms with E-state index < -0.39 is 5.97 Å². The van der Waals surface area contributed by atoms with Crippen LogP contribution in [0.5, 0.6) is 5.88 Å². The van der Waals surface area contributed by atoms with Crippen LogP contribution < -0.4 is 4.74 Å². The summed E-state index contributed by atoms with van der Waals surface area (Å²) >= 11 is 7.72. The summed E-state index contributed by atoms with van der Waals surface area (Å²) in [5.74, 6) is -0.155. The van der Waals surface area contributed by atoms with Crippen LogP contribution in [0.25, 0.3) is 5.69 Å². The van der Waals surface area contributed by atoms with Gasteiger partial charge in [-0.05, 0) is 50.2 Å². The SMILES string of the molecule is Cc1ccc(Sc2c(C)nn(-c3ccccc3)c2OC(=O)c2ccccc2Cl)cc1. The van der Waals surface area contributed by atoms with Gasteiger partial charge in [0.25, 0.3) is 0 Å². The van der Waals surface area contributed by atoms with E-state index in [9.17, 15) is 4.79 Å². The van der Waals surface area contributed by atoms with Crippen LogP contribution in [0.3, 0.4) is 0 Å². The third kappa shape index (κ3) is 4.27. The van der Waals surface area contributed by atoms with E-state index in [0.29, 0.717) is 16.5 Å². The fourth-order valence-electron chi connectivity index (χ4n) is 2.94. The third-order valence-electron chi connectivity index (χ3n) is 4.49. The molecule has 0 bridgehead atoms. The number of para-hydroxylation sites is 1. The topological polar surface area (TPSA) is 44.1 Å². The molecule has 0 amide bonds. The molecule has 1 aromatic heterocycles. The minimum absolute atomic E-state index is 0.309. The average Bonchev–Trinajstić information content (AvgIpc) is 3.06. The summed E-state index contributed by atoms with van der Waals surface area (Å²) in [6.45, 7) is 3.95. The van der Waals surface area contributed by atoms with Gasteiger partial charge in [-0.25, -0.2) is 4.79 Å². The number of benzene rings is 3. The second-order valence-corrected chi connectivity index (χ2v) is 8.24. The maximum atomic E-state index is 12.9. The second kappa shape index (κ2) is 8.78. The molecular weight excluding hydrogens is 416 g/mol. The molecule has 0 radical (unpaired) electrons. The molecular formula is C24H19ClN2O2S. The highest BCUT2D eigenvalue weighted by Gasteiger charge is 2.23. The molecule has 0 atom stereocenters. The average molecular weight is 435 g/mol. The lowest BCUT2D eigenvalue weighted by Gasteiger charge is -2.11. The highest BCUT2D eigenvalue weighted by Crippen LogP contribution is 2.39. The van der Waals surface area contributed by atoms with E-state index in [-0.39, 0.29) is 0 Å². The van der Waals surface area contributed by atoms with Crippen molar-refractivity contribution in [1.82, 2.24) is 9.78 Å². The minimum Gasteiger partial charge on any atom is -0.402 e. The Labute approximate surface area is 184 Å². The van der Waals surface area contributed by atoms with E-state index in [1.165, 1.54) is 17.3 Å². The fourth-order valence-corrected chi connectivity index (χ4v) is 4.06. The first-order chi connectivity index (χ1) is 14.5. The van der Waals surface area contributed by atoms with Crippen molar-refractivity contribution in [2.45, 2.75) is 23.6 Å². The Bertz CT molecular complexity index is 1190. The summed E-state index contributed by atoms with van der Waals surface area (Å²) in [6.07, 6.45) is 0. The number of aryl methyl sites for hydroxylation is 2. The molecule has 0 spiro atoms. The van der Waals surface area contributed by atoms with Crippen LogP contribution >= 0.6 is 23.4 Å². The number of rotatable bonds is 5. The fraction of sp³-hybridized carbons (Fsp3) is 0.0833. The summed E-state index contributed by atoms with van der Waals surface area (Å²) in [6, 6.07) is 24.6. The van der Waals surface area contributed by atoms with Crippen molar-refractivity contribution in [3.8, 4) is 11.6 Å². The van der Waals surface area contributed by atoms with Gasteiger partial charge in [0.2, 0.25) is 5.88 Å². The van der Waals surface area contributed by atoms with Crippen LogP contribution in [0.4, 0.5) is 0 Å².